The molecule has 1 amide bonds. The molecule has 0 radical (unpaired) electrons. The SMILES string of the molecule is Cc1cccc(CN(CCC(=O)N2CCNCC2)S(=O)(=O)c2ccc(C)c(C)c2)c1. The van der Waals surface area contributed by atoms with Crippen LogP contribution in [0.5, 0.6) is 0 Å². The standard InChI is InChI=1S/C23H31N3O3S/c1-18-5-4-6-21(15-18)17-26(12-9-23(27)25-13-10-24-11-14-25)30(28,29)22-8-7-19(2)20(3)16-22/h4-8,15-16,24H,9-14,17H2,1-3H3. The number of nitrogens with zero attached hydrogens (tertiary/aromatic N) is 2. The molecule has 0 bridgehead atoms. The largest absolute Gasteiger partial charge is 0.340 e. The summed E-state index contributed by atoms with van der Waals surface area (Å²) in [7, 11) is -3.73. The second-order valence-electron chi connectivity index (χ2n) is 7.95. The van der Waals surface area contributed by atoms with Crippen LogP contribution in [0.25, 0.3) is 0 Å². The van der Waals surface area contributed by atoms with Gasteiger partial charge >= 0.3 is 0 Å². The molecule has 0 atom stereocenters. The van der Waals surface area contributed by atoms with Crippen molar-refractivity contribution in [1.82, 2.24) is 14.5 Å². The van der Waals surface area contributed by atoms with Crippen molar-refractivity contribution in [2.75, 3.05) is 32.7 Å². The highest BCUT2D eigenvalue weighted by Gasteiger charge is 2.27. The number of sulfonamides is 1. The molecule has 6 nitrogen and oxygen atoms in total. The third-order valence-corrected chi connectivity index (χ3v) is 7.44. The highest BCUT2D eigenvalue weighted by atomic mass is 32.2. The summed E-state index contributed by atoms with van der Waals surface area (Å²) in [5.41, 5.74) is 3.97. The average Bonchev–Trinajstić information content (AvgIpc) is 2.73. The normalized spacial score (nSPS) is 14.9. The van der Waals surface area contributed by atoms with E-state index in [1.54, 1.807) is 12.1 Å². The lowest BCUT2D eigenvalue weighted by molar-refractivity contribution is -0.131. The summed E-state index contributed by atoms with van der Waals surface area (Å²) in [6, 6.07) is 13.0. The number of rotatable bonds is 7. The van der Waals surface area contributed by atoms with E-state index in [0.717, 1.165) is 35.3 Å². The molecule has 2 aromatic carbocycles. The van der Waals surface area contributed by atoms with Crippen LogP contribution in [-0.2, 0) is 21.4 Å². The Balaban J connectivity index is 1.84. The second kappa shape index (κ2) is 9.73. The molecule has 1 N–H and O–H groups in total. The van der Waals surface area contributed by atoms with Gasteiger partial charge in [0.05, 0.1) is 4.90 Å². The van der Waals surface area contributed by atoms with Gasteiger partial charge in [-0.3, -0.25) is 4.79 Å². The maximum atomic E-state index is 13.5. The van der Waals surface area contributed by atoms with Crippen molar-refractivity contribution in [3.63, 3.8) is 0 Å². The maximum absolute atomic E-state index is 13.5. The molecule has 0 unspecified atom stereocenters. The highest BCUT2D eigenvalue weighted by molar-refractivity contribution is 7.89. The number of benzene rings is 2. The first kappa shape index (κ1) is 22.5. The number of carbonyl (C=O) groups excluding carboxylic acids is 1. The number of aryl methyl sites for hydroxylation is 3. The molecule has 0 aliphatic carbocycles. The van der Waals surface area contributed by atoms with E-state index in [9.17, 15) is 13.2 Å². The van der Waals surface area contributed by atoms with E-state index in [1.807, 2.05) is 56.0 Å². The summed E-state index contributed by atoms with van der Waals surface area (Å²) in [5.74, 6) is 0.000953. The molecule has 7 heteroatoms. The number of nitrogens with one attached hydrogen (secondary N) is 1. The molecule has 1 saturated heterocycles. The fraction of sp³-hybridized carbons (Fsp3) is 0.435. The first-order valence-electron chi connectivity index (χ1n) is 10.4. The number of amides is 1. The van der Waals surface area contributed by atoms with Gasteiger partial charge in [-0.2, -0.15) is 4.31 Å². The zero-order valence-electron chi connectivity index (χ0n) is 18.0. The fourth-order valence-corrected chi connectivity index (χ4v) is 5.13. The highest BCUT2D eigenvalue weighted by Crippen LogP contribution is 2.22. The summed E-state index contributed by atoms with van der Waals surface area (Å²) in [5, 5.41) is 3.23. The number of hydrogen-bond donors (Lipinski definition) is 1. The minimum absolute atomic E-state index is 0.000953. The van der Waals surface area contributed by atoms with Gasteiger partial charge in [0.2, 0.25) is 15.9 Å². The fourth-order valence-electron chi connectivity index (χ4n) is 3.61. The summed E-state index contributed by atoms with van der Waals surface area (Å²) in [6.07, 6.45) is 0.176. The molecule has 162 valence electrons. The van der Waals surface area contributed by atoms with Crippen molar-refractivity contribution in [2.24, 2.45) is 0 Å². The van der Waals surface area contributed by atoms with Crippen LogP contribution in [0.4, 0.5) is 0 Å². The third kappa shape index (κ3) is 5.47. The van der Waals surface area contributed by atoms with Crippen LogP contribution in [0, 0.1) is 20.8 Å². The van der Waals surface area contributed by atoms with Gasteiger partial charge < -0.3 is 10.2 Å². The van der Waals surface area contributed by atoms with Gasteiger partial charge in [-0.25, -0.2) is 8.42 Å². The van der Waals surface area contributed by atoms with Crippen molar-refractivity contribution >= 4 is 15.9 Å². The maximum Gasteiger partial charge on any atom is 0.243 e. The van der Waals surface area contributed by atoms with E-state index >= 15 is 0 Å². The van der Waals surface area contributed by atoms with Crippen LogP contribution in [0.15, 0.2) is 47.4 Å². The molecule has 30 heavy (non-hydrogen) atoms. The van der Waals surface area contributed by atoms with Crippen molar-refractivity contribution in [3.05, 3.63) is 64.7 Å². The molecule has 0 aromatic heterocycles. The number of carbonyl (C=O) groups is 1. The Bertz CT molecular complexity index is 999. The smallest absolute Gasteiger partial charge is 0.243 e. The Morgan fingerprint density at radius 1 is 1.03 bits per heavy atom. The quantitative estimate of drug-likeness (QED) is 0.735. The predicted octanol–water partition coefficient (Wildman–Crippen LogP) is 2.62. The topological polar surface area (TPSA) is 69.7 Å². The first-order valence-corrected chi connectivity index (χ1v) is 11.8. The van der Waals surface area contributed by atoms with Gasteiger partial charge in [-0.15, -0.1) is 0 Å². The molecule has 1 heterocycles. The van der Waals surface area contributed by atoms with Gasteiger partial charge in [0.25, 0.3) is 0 Å². The lowest BCUT2D eigenvalue weighted by Gasteiger charge is -2.29. The molecule has 1 fully saturated rings. The summed E-state index contributed by atoms with van der Waals surface area (Å²) in [4.78, 5) is 14.7. The van der Waals surface area contributed by atoms with E-state index in [-0.39, 0.29) is 30.3 Å². The van der Waals surface area contributed by atoms with Crippen LogP contribution < -0.4 is 5.32 Å². The van der Waals surface area contributed by atoms with Crippen LogP contribution in [0.3, 0.4) is 0 Å². The Labute approximate surface area is 179 Å². The molecule has 0 saturated carbocycles. The predicted molar refractivity (Wildman–Crippen MR) is 119 cm³/mol. The molecular formula is C23H31N3O3S. The van der Waals surface area contributed by atoms with Crippen LogP contribution >= 0.6 is 0 Å². The van der Waals surface area contributed by atoms with Crippen molar-refractivity contribution in [1.29, 1.82) is 0 Å². The third-order valence-electron chi connectivity index (χ3n) is 5.60. The van der Waals surface area contributed by atoms with E-state index < -0.39 is 10.0 Å². The van der Waals surface area contributed by atoms with Crippen LogP contribution in [0.1, 0.15) is 28.7 Å². The second-order valence-corrected chi connectivity index (χ2v) is 9.89. The zero-order valence-corrected chi connectivity index (χ0v) is 18.8. The van der Waals surface area contributed by atoms with Gasteiger partial charge in [0.1, 0.15) is 0 Å². The zero-order chi connectivity index (χ0) is 21.7. The van der Waals surface area contributed by atoms with E-state index in [0.29, 0.717) is 13.1 Å². The first-order chi connectivity index (χ1) is 14.3. The lowest BCUT2D eigenvalue weighted by atomic mass is 10.1. The summed E-state index contributed by atoms with van der Waals surface area (Å²) >= 11 is 0. The monoisotopic (exact) mass is 429 g/mol. The molecule has 0 spiro atoms. The number of hydrogen-bond acceptors (Lipinski definition) is 4. The van der Waals surface area contributed by atoms with E-state index in [1.165, 1.54) is 4.31 Å². The summed E-state index contributed by atoms with van der Waals surface area (Å²) in [6.45, 7) is 9.15. The lowest BCUT2D eigenvalue weighted by Crippen LogP contribution is -2.47. The van der Waals surface area contributed by atoms with Gasteiger partial charge in [0, 0.05) is 45.7 Å². The van der Waals surface area contributed by atoms with Crippen LogP contribution in [0.2, 0.25) is 0 Å². The molecule has 1 aliphatic rings. The van der Waals surface area contributed by atoms with Crippen molar-refractivity contribution in [2.45, 2.75) is 38.6 Å². The molecule has 2 aromatic rings. The Kier molecular flexibility index (Phi) is 7.28. The molecule has 3 rings (SSSR count). The van der Waals surface area contributed by atoms with E-state index in [4.69, 9.17) is 0 Å². The summed E-state index contributed by atoms with van der Waals surface area (Å²) < 4.78 is 28.4. The van der Waals surface area contributed by atoms with Crippen molar-refractivity contribution in [3.8, 4) is 0 Å². The molecular weight excluding hydrogens is 398 g/mol. The van der Waals surface area contributed by atoms with Gasteiger partial charge in [-0.05, 0) is 49.6 Å². The van der Waals surface area contributed by atoms with Crippen LogP contribution in [-0.4, -0.2) is 56.3 Å². The van der Waals surface area contributed by atoms with E-state index in [2.05, 4.69) is 5.32 Å². The Morgan fingerprint density at radius 2 is 1.77 bits per heavy atom. The van der Waals surface area contributed by atoms with Crippen molar-refractivity contribution < 1.29 is 13.2 Å². The van der Waals surface area contributed by atoms with Gasteiger partial charge in [-0.1, -0.05) is 35.9 Å². The molecule has 1 aliphatic heterocycles. The minimum Gasteiger partial charge on any atom is -0.340 e. The Morgan fingerprint density at radius 3 is 2.43 bits per heavy atom. The minimum atomic E-state index is -3.73. The Hall–Kier alpha value is -2.22. The van der Waals surface area contributed by atoms with Gasteiger partial charge in [0.15, 0.2) is 0 Å². The number of piperazine rings is 1. The average molecular weight is 430 g/mol.